The average Bonchev–Trinajstić information content (AvgIpc) is 2.13. The molecule has 6 nitrogen and oxygen atoms in total. The van der Waals surface area contributed by atoms with Crippen molar-refractivity contribution in [1.82, 2.24) is 0 Å². The van der Waals surface area contributed by atoms with Crippen LogP contribution >= 0.6 is 0 Å². The average molecular weight is 194 g/mol. The number of rotatable bonds is 5. The molecule has 0 spiro atoms. The molecule has 0 saturated carbocycles. The number of carbonyl (C=O) groups excluding carboxylic acids is 1. The van der Waals surface area contributed by atoms with Gasteiger partial charge in [-0.3, -0.25) is 0 Å². The summed E-state index contributed by atoms with van der Waals surface area (Å²) in [5.41, 5.74) is -2.18. The first-order chi connectivity index (χ1) is 5.87. The van der Waals surface area contributed by atoms with Gasteiger partial charge in [0.25, 0.3) is 0 Å². The number of aldehydes is 1. The second-order valence-corrected chi connectivity index (χ2v) is 3.00. The van der Waals surface area contributed by atoms with Crippen LogP contribution in [-0.4, -0.2) is 62.3 Å². The van der Waals surface area contributed by atoms with Crippen molar-refractivity contribution in [1.29, 1.82) is 0 Å². The molecule has 0 aliphatic rings. The predicted octanol–water partition coefficient (Wildman–Crippen LogP) is -2.99. The quantitative estimate of drug-likeness (QED) is 0.298. The van der Waals surface area contributed by atoms with Crippen molar-refractivity contribution in [2.45, 2.75) is 30.8 Å². The van der Waals surface area contributed by atoms with Gasteiger partial charge in [-0.25, -0.2) is 0 Å². The third-order valence-electron chi connectivity index (χ3n) is 1.88. The molecule has 4 atom stereocenters. The summed E-state index contributed by atoms with van der Waals surface area (Å²) in [6.45, 7) is 0.207. The first-order valence-corrected chi connectivity index (χ1v) is 3.70. The van der Waals surface area contributed by atoms with Crippen LogP contribution in [0, 0.1) is 0 Å². The fourth-order valence-electron chi connectivity index (χ4n) is 0.802. The molecular weight excluding hydrogens is 180 g/mol. The van der Waals surface area contributed by atoms with E-state index in [4.69, 9.17) is 20.4 Å². The maximum atomic E-state index is 10.1. The summed E-state index contributed by atoms with van der Waals surface area (Å²) in [4.78, 5) is 10.1. The van der Waals surface area contributed by atoms with Crippen molar-refractivity contribution in [3.8, 4) is 0 Å². The standard InChI is InChI=1S/C7H14O6/c1-7(13,5(11)3-9)6(12)4(10)2-8/h3-6,8,10-13H,2H2,1H3/t4-,5+,6+,7-/m1/s1. The third-order valence-corrected chi connectivity index (χ3v) is 1.88. The molecule has 0 saturated heterocycles. The Morgan fingerprint density at radius 2 is 1.85 bits per heavy atom. The molecule has 0 bridgehead atoms. The van der Waals surface area contributed by atoms with E-state index in [-0.39, 0.29) is 6.29 Å². The van der Waals surface area contributed by atoms with Crippen molar-refractivity contribution in [3.05, 3.63) is 0 Å². The van der Waals surface area contributed by atoms with Gasteiger partial charge in [0.2, 0.25) is 0 Å². The van der Waals surface area contributed by atoms with Gasteiger partial charge in [-0.05, 0) is 6.92 Å². The Kier molecular flexibility index (Phi) is 4.45. The smallest absolute Gasteiger partial charge is 0.151 e. The summed E-state index contributed by atoms with van der Waals surface area (Å²) in [6, 6.07) is 0. The molecule has 6 heteroatoms. The monoisotopic (exact) mass is 194 g/mol. The summed E-state index contributed by atoms with van der Waals surface area (Å²) in [5, 5.41) is 44.8. The van der Waals surface area contributed by atoms with Crippen LogP contribution in [0.1, 0.15) is 6.92 Å². The second-order valence-electron chi connectivity index (χ2n) is 3.00. The maximum absolute atomic E-state index is 10.1. The van der Waals surface area contributed by atoms with Crippen molar-refractivity contribution in [3.63, 3.8) is 0 Å². The minimum absolute atomic E-state index is 0.0350. The van der Waals surface area contributed by atoms with Crippen molar-refractivity contribution in [2.75, 3.05) is 6.61 Å². The lowest BCUT2D eigenvalue weighted by atomic mass is 9.90. The highest BCUT2D eigenvalue weighted by atomic mass is 16.4. The molecule has 5 N–H and O–H groups in total. The molecular formula is C7H14O6. The normalized spacial score (nSPS) is 22.9. The maximum Gasteiger partial charge on any atom is 0.151 e. The molecule has 0 unspecified atom stereocenters. The Morgan fingerprint density at radius 1 is 1.38 bits per heavy atom. The van der Waals surface area contributed by atoms with E-state index in [1.807, 2.05) is 0 Å². The van der Waals surface area contributed by atoms with Crippen LogP contribution in [-0.2, 0) is 4.79 Å². The molecule has 0 aliphatic carbocycles. The van der Waals surface area contributed by atoms with Crippen molar-refractivity contribution in [2.24, 2.45) is 0 Å². The molecule has 13 heavy (non-hydrogen) atoms. The van der Waals surface area contributed by atoms with E-state index in [9.17, 15) is 9.90 Å². The SMILES string of the molecule is C[C@@](O)([C@@H](O)C=O)[C@@H](O)[C@H](O)CO. The highest BCUT2D eigenvalue weighted by Crippen LogP contribution is 2.16. The first-order valence-electron chi connectivity index (χ1n) is 3.70. The molecule has 0 radical (unpaired) electrons. The molecule has 0 rings (SSSR count). The lowest BCUT2D eigenvalue weighted by molar-refractivity contribution is -0.173. The van der Waals surface area contributed by atoms with E-state index in [1.165, 1.54) is 0 Å². The molecule has 0 amide bonds. The van der Waals surface area contributed by atoms with Gasteiger partial charge in [0.1, 0.15) is 23.9 Å². The van der Waals surface area contributed by atoms with Crippen LogP contribution in [0.25, 0.3) is 0 Å². The van der Waals surface area contributed by atoms with Gasteiger partial charge in [0, 0.05) is 0 Å². The Morgan fingerprint density at radius 3 is 2.15 bits per heavy atom. The Bertz CT molecular complexity index is 168. The van der Waals surface area contributed by atoms with Crippen molar-refractivity contribution >= 4 is 6.29 Å². The molecule has 0 fully saturated rings. The summed E-state index contributed by atoms with van der Waals surface area (Å²) in [5.74, 6) is 0. The van der Waals surface area contributed by atoms with Gasteiger partial charge in [-0.15, -0.1) is 0 Å². The number of aliphatic hydroxyl groups is 5. The van der Waals surface area contributed by atoms with Crippen LogP contribution in [0.4, 0.5) is 0 Å². The second kappa shape index (κ2) is 4.64. The Hall–Kier alpha value is -0.530. The van der Waals surface area contributed by atoms with Crippen molar-refractivity contribution < 1.29 is 30.3 Å². The van der Waals surface area contributed by atoms with Crippen LogP contribution < -0.4 is 0 Å². The van der Waals surface area contributed by atoms with Gasteiger partial charge >= 0.3 is 0 Å². The van der Waals surface area contributed by atoms with Gasteiger partial charge in [0.15, 0.2) is 6.29 Å². The van der Waals surface area contributed by atoms with E-state index < -0.39 is 30.5 Å². The van der Waals surface area contributed by atoms with E-state index in [1.54, 1.807) is 0 Å². The molecule has 0 aliphatic heterocycles. The molecule has 78 valence electrons. The van der Waals surface area contributed by atoms with E-state index in [2.05, 4.69) is 0 Å². The van der Waals surface area contributed by atoms with Gasteiger partial charge < -0.3 is 30.3 Å². The van der Waals surface area contributed by atoms with Gasteiger partial charge in [-0.1, -0.05) is 0 Å². The first kappa shape index (κ1) is 12.5. The van der Waals surface area contributed by atoms with Crippen LogP contribution in [0.5, 0.6) is 0 Å². The molecule has 0 aromatic heterocycles. The van der Waals surface area contributed by atoms with Crippen LogP contribution in [0.15, 0.2) is 0 Å². The van der Waals surface area contributed by atoms with Gasteiger partial charge in [-0.2, -0.15) is 0 Å². The van der Waals surface area contributed by atoms with E-state index in [0.717, 1.165) is 6.92 Å². The number of hydrogen-bond acceptors (Lipinski definition) is 6. The van der Waals surface area contributed by atoms with Crippen LogP contribution in [0.2, 0.25) is 0 Å². The summed E-state index contributed by atoms with van der Waals surface area (Å²) < 4.78 is 0. The number of aliphatic hydroxyl groups excluding tert-OH is 4. The summed E-state index contributed by atoms with van der Waals surface area (Å²) >= 11 is 0. The zero-order valence-corrected chi connectivity index (χ0v) is 7.16. The van der Waals surface area contributed by atoms with E-state index >= 15 is 0 Å². The largest absolute Gasteiger partial charge is 0.394 e. The minimum atomic E-state index is -2.18. The predicted molar refractivity (Wildman–Crippen MR) is 41.8 cm³/mol. The fraction of sp³-hybridized carbons (Fsp3) is 0.857. The van der Waals surface area contributed by atoms with E-state index in [0.29, 0.717) is 0 Å². The zero-order chi connectivity index (χ0) is 10.6. The Labute approximate surface area is 75.1 Å². The number of carbonyl (C=O) groups is 1. The lowest BCUT2D eigenvalue weighted by Crippen LogP contribution is -2.56. The molecule has 0 heterocycles. The minimum Gasteiger partial charge on any atom is -0.394 e. The summed E-state index contributed by atoms with van der Waals surface area (Å²) in [6.07, 6.45) is -5.18. The summed E-state index contributed by atoms with van der Waals surface area (Å²) in [7, 11) is 0. The topological polar surface area (TPSA) is 118 Å². The lowest BCUT2D eigenvalue weighted by Gasteiger charge is -2.32. The zero-order valence-electron chi connectivity index (χ0n) is 7.16. The number of hydrogen-bond donors (Lipinski definition) is 5. The van der Waals surface area contributed by atoms with Crippen LogP contribution in [0.3, 0.4) is 0 Å². The highest BCUT2D eigenvalue weighted by molar-refractivity contribution is 5.58. The molecule has 0 aromatic rings. The fourth-order valence-corrected chi connectivity index (χ4v) is 0.802. The Balaban J connectivity index is 4.51. The molecule has 0 aromatic carbocycles. The third kappa shape index (κ3) is 2.71. The highest BCUT2D eigenvalue weighted by Gasteiger charge is 2.41. The van der Waals surface area contributed by atoms with Gasteiger partial charge in [0.05, 0.1) is 6.61 Å².